The second kappa shape index (κ2) is 6.18. The summed E-state index contributed by atoms with van der Waals surface area (Å²) in [4.78, 5) is 2.52. The minimum Gasteiger partial charge on any atom is -0.315 e. The molecule has 1 heterocycles. The van der Waals surface area contributed by atoms with Gasteiger partial charge in [-0.1, -0.05) is 38.1 Å². The predicted molar refractivity (Wildman–Crippen MR) is 72.9 cm³/mol. The number of rotatable bonds is 6. The van der Waals surface area contributed by atoms with Crippen LogP contribution >= 0.6 is 0 Å². The summed E-state index contributed by atoms with van der Waals surface area (Å²) in [6.45, 7) is 10.2. The van der Waals surface area contributed by atoms with E-state index in [0.717, 1.165) is 38.6 Å². The van der Waals surface area contributed by atoms with Crippen molar-refractivity contribution in [3.8, 4) is 0 Å². The van der Waals surface area contributed by atoms with Crippen molar-refractivity contribution < 1.29 is 0 Å². The molecule has 0 amide bonds. The van der Waals surface area contributed by atoms with Crippen LogP contribution in [0.25, 0.3) is 0 Å². The van der Waals surface area contributed by atoms with Crippen molar-refractivity contribution in [2.45, 2.75) is 33.4 Å². The molecule has 0 radical (unpaired) electrons. The van der Waals surface area contributed by atoms with Crippen LogP contribution in [-0.2, 0) is 13.1 Å². The molecule has 94 valence electrons. The molecule has 1 aliphatic heterocycles. The Morgan fingerprint density at radius 2 is 1.76 bits per heavy atom. The van der Waals surface area contributed by atoms with Crippen molar-refractivity contribution in [3.63, 3.8) is 0 Å². The minimum atomic E-state index is 0.804. The highest BCUT2D eigenvalue weighted by Crippen LogP contribution is 2.21. The minimum absolute atomic E-state index is 0.804. The third-order valence-corrected chi connectivity index (χ3v) is 3.41. The Morgan fingerprint density at radius 1 is 1.12 bits per heavy atom. The summed E-state index contributed by atoms with van der Waals surface area (Å²) >= 11 is 0. The number of fused-ring (bicyclic) bond motifs is 1. The number of nitrogens with one attached hydrogen (secondary N) is 1. The third-order valence-electron chi connectivity index (χ3n) is 3.41. The van der Waals surface area contributed by atoms with Gasteiger partial charge in [-0.05, 0) is 30.0 Å². The number of hydrogen-bond acceptors (Lipinski definition) is 2. The molecule has 2 heteroatoms. The molecule has 0 spiro atoms. The Kier molecular flexibility index (Phi) is 4.57. The SMILES string of the molecule is CC(C)CCNCCN1Cc2ccccc2C1. The topological polar surface area (TPSA) is 15.3 Å². The van der Waals surface area contributed by atoms with Gasteiger partial charge in [-0.15, -0.1) is 0 Å². The molecule has 0 unspecified atom stereocenters. The molecule has 17 heavy (non-hydrogen) atoms. The molecular formula is C15H24N2. The Labute approximate surface area is 105 Å². The molecule has 0 bridgehead atoms. The van der Waals surface area contributed by atoms with Crippen molar-refractivity contribution >= 4 is 0 Å². The molecule has 0 fully saturated rings. The Balaban J connectivity index is 1.63. The van der Waals surface area contributed by atoms with Crippen molar-refractivity contribution in [3.05, 3.63) is 35.4 Å². The number of hydrogen-bond donors (Lipinski definition) is 1. The molecule has 1 aromatic rings. The lowest BCUT2D eigenvalue weighted by molar-refractivity contribution is 0.282. The molecular weight excluding hydrogens is 208 g/mol. The van der Waals surface area contributed by atoms with Gasteiger partial charge in [-0.25, -0.2) is 0 Å². The highest BCUT2D eigenvalue weighted by molar-refractivity contribution is 5.30. The van der Waals surface area contributed by atoms with Crippen molar-refractivity contribution in [1.29, 1.82) is 0 Å². The van der Waals surface area contributed by atoms with Crippen LogP contribution < -0.4 is 5.32 Å². The fourth-order valence-electron chi connectivity index (χ4n) is 2.31. The molecule has 1 N–H and O–H groups in total. The van der Waals surface area contributed by atoms with Gasteiger partial charge < -0.3 is 5.32 Å². The van der Waals surface area contributed by atoms with Crippen molar-refractivity contribution in [2.24, 2.45) is 5.92 Å². The van der Waals surface area contributed by atoms with Crippen LogP contribution in [0.2, 0.25) is 0 Å². The molecule has 0 saturated heterocycles. The third kappa shape index (κ3) is 3.83. The molecule has 2 nitrogen and oxygen atoms in total. The normalized spacial score (nSPS) is 15.5. The smallest absolute Gasteiger partial charge is 0.0241 e. The van der Waals surface area contributed by atoms with E-state index >= 15 is 0 Å². The Morgan fingerprint density at radius 3 is 2.35 bits per heavy atom. The van der Waals surface area contributed by atoms with Gasteiger partial charge in [0, 0.05) is 26.2 Å². The molecule has 2 rings (SSSR count). The lowest BCUT2D eigenvalue weighted by Gasteiger charge is -2.15. The Bertz CT molecular complexity index is 322. The zero-order chi connectivity index (χ0) is 12.1. The summed E-state index contributed by atoms with van der Waals surface area (Å²) in [5.74, 6) is 0.804. The van der Waals surface area contributed by atoms with E-state index in [0.29, 0.717) is 0 Å². The fraction of sp³-hybridized carbons (Fsp3) is 0.600. The first kappa shape index (κ1) is 12.6. The van der Waals surface area contributed by atoms with Crippen LogP contribution in [0.1, 0.15) is 31.4 Å². The summed E-state index contributed by atoms with van der Waals surface area (Å²) in [7, 11) is 0. The summed E-state index contributed by atoms with van der Waals surface area (Å²) < 4.78 is 0. The first-order valence-electron chi connectivity index (χ1n) is 6.75. The average Bonchev–Trinajstić information content (AvgIpc) is 2.70. The monoisotopic (exact) mass is 232 g/mol. The maximum absolute atomic E-state index is 3.53. The second-order valence-electron chi connectivity index (χ2n) is 5.41. The largest absolute Gasteiger partial charge is 0.315 e. The highest BCUT2D eigenvalue weighted by atomic mass is 15.1. The van der Waals surface area contributed by atoms with E-state index in [9.17, 15) is 0 Å². The van der Waals surface area contributed by atoms with Gasteiger partial charge in [0.2, 0.25) is 0 Å². The quantitative estimate of drug-likeness (QED) is 0.759. The summed E-state index contributed by atoms with van der Waals surface area (Å²) in [6.07, 6.45) is 1.28. The first-order chi connectivity index (χ1) is 8.25. The van der Waals surface area contributed by atoms with E-state index in [1.165, 1.54) is 17.5 Å². The molecule has 1 aromatic carbocycles. The van der Waals surface area contributed by atoms with Crippen molar-refractivity contribution in [1.82, 2.24) is 10.2 Å². The van der Waals surface area contributed by atoms with Crippen LogP contribution in [-0.4, -0.2) is 24.5 Å². The summed E-state index contributed by atoms with van der Waals surface area (Å²) in [5.41, 5.74) is 3.02. The Hall–Kier alpha value is -0.860. The molecule has 0 aliphatic carbocycles. The molecule has 0 aromatic heterocycles. The predicted octanol–water partition coefficient (Wildman–Crippen LogP) is 2.64. The number of benzene rings is 1. The standard InChI is InChI=1S/C15H24N2/c1-13(2)7-8-16-9-10-17-11-14-5-3-4-6-15(14)12-17/h3-6,13,16H,7-12H2,1-2H3. The van der Waals surface area contributed by atoms with Crippen LogP contribution in [0.4, 0.5) is 0 Å². The van der Waals surface area contributed by atoms with E-state index < -0.39 is 0 Å². The van der Waals surface area contributed by atoms with E-state index in [2.05, 4.69) is 48.3 Å². The van der Waals surface area contributed by atoms with Crippen LogP contribution in [0.5, 0.6) is 0 Å². The van der Waals surface area contributed by atoms with E-state index in [1.54, 1.807) is 0 Å². The van der Waals surface area contributed by atoms with Crippen molar-refractivity contribution in [2.75, 3.05) is 19.6 Å². The zero-order valence-electron chi connectivity index (χ0n) is 11.1. The fourth-order valence-corrected chi connectivity index (χ4v) is 2.31. The van der Waals surface area contributed by atoms with Gasteiger partial charge in [-0.2, -0.15) is 0 Å². The first-order valence-corrected chi connectivity index (χ1v) is 6.75. The van der Waals surface area contributed by atoms with Crippen LogP contribution in [0.3, 0.4) is 0 Å². The van der Waals surface area contributed by atoms with Gasteiger partial charge in [0.1, 0.15) is 0 Å². The lowest BCUT2D eigenvalue weighted by atomic mass is 10.1. The van der Waals surface area contributed by atoms with Gasteiger partial charge >= 0.3 is 0 Å². The van der Waals surface area contributed by atoms with Crippen LogP contribution in [0.15, 0.2) is 24.3 Å². The highest BCUT2D eigenvalue weighted by Gasteiger charge is 2.16. The lowest BCUT2D eigenvalue weighted by Crippen LogP contribution is -2.29. The maximum atomic E-state index is 3.53. The summed E-state index contributed by atoms with van der Waals surface area (Å²) in [5, 5.41) is 3.53. The molecule has 0 saturated carbocycles. The average molecular weight is 232 g/mol. The summed E-state index contributed by atoms with van der Waals surface area (Å²) in [6, 6.07) is 8.79. The second-order valence-corrected chi connectivity index (χ2v) is 5.41. The number of nitrogens with zero attached hydrogens (tertiary/aromatic N) is 1. The van der Waals surface area contributed by atoms with E-state index in [4.69, 9.17) is 0 Å². The zero-order valence-corrected chi connectivity index (χ0v) is 11.1. The molecule has 0 atom stereocenters. The van der Waals surface area contributed by atoms with Crippen LogP contribution in [0, 0.1) is 5.92 Å². The van der Waals surface area contributed by atoms with Gasteiger partial charge in [0.25, 0.3) is 0 Å². The van der Waals surface area contributed by atoms with Gasteiger partial charge in [-0.3, -0.25) is 4.90 Å². The molecule has 1 aliphatic rings. The maximum Gasteiger partial charge on any atom is 0.0241 e. The van der Waals surface area contributed by atoms with E-state index in [-0.39, 0.29) is 0 Å². The van der Waals surface area contributed by atoms with Gasteiger partial charge in [0.05, 0.1) is 0 Å². The van der Waals surface area contributed by atoms with Gasteiger partial charge in [0.15, 0.2) is 0 Å². The van der Waals surface area contributed by atoms with E-state index in [1.807, 2.05) is 0 Å².